The van der Waals surface area contributed by atoms with Crippen LogP contribution in [0.25, 0.3) is 0 Å². The van der Waals surface area contributed by atoms with E-state index in [4.69, 9.17) is 10.2 Å². The van der Waals surface area contributed by atoms with Crippen LogP contribution < -0.4 is 11.1 Å². The second kappa shape index (κ2) is 5.25. The third kappa shape index (κ3) is 2.67. The summed E-state index contributed by atoms with van der Waals surface area (Å²) in [7, 11) is 0. The number of nitrogens with one attached hydrogen (secondary N) is 1. The zero-order valence-corrected chi connectivity index (χ0v) is 10.6. The summed E-state index contributed by atoms with van der Waals surface area (Å²) >= 11 is 1.33. The second-order valence-electron chi connectivity index (χ2n) is 3.90. The molecule has 0 bridgehead atoms. The number of nitrogens with two attached hydrogens (primary N) is 1. The molecule has 0 radical (unpaired) electrons. The topological polar surface area (TPSA) is 106 Å². The Morgan fingerprint density at radius 3 is 2.79 bits per heavy atom. The minimum atomic E-state index is -1.45. The highest BCUT2D eigenvalue weighted by molar-refractivity contribution is 7.10. The summed E-state index contributed by atoms with van der Waals surface area (Å²) in [6, 6.07) is 5.10. The van der Waals surface area contributed by atoms with Crippen LogP contribution >= 0.6 is 11.3 Å². The summed E-state index contributed by atoms with van der Waals surface area (Å²) in [5, 5.41) is 14.8. The summed E-state index contributed by atoms with van der Waals surface area (Å²) in [4.78, 5) is 22.5. The molecular formula is C12H12N2O4S. The molecule has 0 saturated heterocycles. The first-order chi connectivity index (χ1) is 9.04. The molecule has 0 spiro atoms. The number of thiophene rings is 1. The van der Waals surface area contributed by atoms with E-state index in [0.29, 0.717) is 10.4 Å². The van der Waals surface area contributed by atoms with E-state index < -0.39 is 17.4 Å². The Morgan fingerprint density at radius 1 is 1.47 bits per heavy atom. The number of carbonyl (C=O) groups is 2. The standard InChI is InChI=1S/C12H12N2O4S/c13-10(15)11(16)14-7-12(17,8-3-4-18-6-8)9-2-1-5-19-9/h1-6,17H,7H2,(H2,13,15)(H,14,16). The number of rotatable bonds is 4. The molecule has 0 saturated carbocycles. The molecule has 2 aromatic rings. The number of carbonyl (C=O) groups excluding carboxylic acids is 2. The molecule has 2 heterocycles. The third-order valence-electron chi connectivity index (χ3n) is 2.66. The largest absolute Gasteiger partial charge is 0.472 e. The van der Waals surface area contributed by atoms with Gasteiger partial charge in [0.25, 0.3) is 0 Å². The Morgan fingerprint density at radius 2 is 2.26 bits per heavy atom. The number of furan rings is 1. The average Bonchev–Trinajstić information content (AvgIpc) is 3.06. The first-order valence-corrected chi connectivity index (χ1v) is 6.28. The lowest BCUT2D eigenvalue weighted by molar-refractivity contribution is -0.137. The Labute approximate surface area is 112 Å². The van der Waals surface area contributed by atoms with Crippen molar-refractivity contribution >= 4 is 23.2 Å². The lowest BCUT2D eigenvalue weighted by Crippen LogP contribution is -2.45. The van der Waals surface area contributed by atoms with E-state index in [1.54, 1.807) is 23.6 Å². The van der Waals surface area contributed by atoms with Gasteiger partial charge in [-0.1, -0.05) is 6.07 Å². The maximum atomic E-state index is 11.2. The molecule has 7 heteroatoms. The molecule has 0 aromatic carbocycles. The van der Waals surface area contributed by atoms with E-state index in [9.17, 15) is 14.7 Å². The number of primary amides is 1. The van der Waals surface area contributed by atoms with Crippen molar-refractivity contribution < 1.29 is 19.1 Å². The van der Waals surface area contributed by atoms with Crippen molar-refractivity contribution in [3.63, 3.8) is 0 Å². The van der Waals surface area contributed by atoms with Crippen LogP contribution in [-0.2, 0) is 15.2 Å². The van der Waals surface area contributed by atoms with Crippen LogP contribution in [0.3, 0.4) is 0 Å². The zero-order chi connectivity index (χ0) is 13.9. The molecule has 100 valence electrons. The first-order valence-electron chi connectivity index (χ1n) is 5.40. The van der Waals surface area contributed by atoms with E-state index in [1.165, 1.54) is 23.9 Å². The van der Waals surface area contributed by atoms with Crippen LogP contribution in [0.1, 0.15) is 10.4 Å². The van der Waals surface area contributed by atoms with Gasteiger partial charge in [-0.05, 0) is 17.5 Å². The van der Waals surface area contributed by atoms with E-state index in [2.05, 4.69) is 5.32 Å². The highest BCUT2D eigenvalue weighted by Gasteiger charge is 2.34. The Hall–Kier alpha value is -2.12. The predicted octanol–water partition coefficient (Wildman–Crippen LogP) is 0.179. The summed E-state index contributed by atoms with van der Waals surface area (Å²) < 4.78 is 4.95. The number of aliphatic hydroxyl groups is 1. The minimum Gasteiger partial charge on any atom is -0.472 e. The highest BCUT2D eigenvalue weighted by atomic mass is 32.1. The van der Waals surface area contributed by atoms with Gasteiger partial charge in [0.1, 0.15) is 5.60 Å². The summed E-state index contributed by atoms with van der Waals surface area (Å²) in [5.41, 5.74) is 3.89. The fourth-order valence-corrected chi connectivity index (χ4v) is 2.49. The van der Waals surface area contributed by atoms with Gasteiger partial charge in [-0.15, -0.1) is 11.3 Å². The van der Waals surface area contributed by atoms with Gasteiger partial charge in [0, 0.05) is 10.4 Å². The fourth-order valence-electron chi connectivity index (χ4n) is 1.64. The Kier molecular flexibility index (Phi) is 3.68. The highest BCUT2D eigenvalue weighted by Crippen LogP contribution is 2.32. The van der Waals surface area contributed by atoms with Crippen LogP contribution in [0.4, 0.5) is 0 Å². The lowest BCUT2D eigenvalue weighted by atomic mass is 9.94. The molecule has 2 amide bonds. The average molecular weight is 280 g/mol. The Balaban J connectivity index is 2.26. The van der Waals surface area contributed by atoms with Crippen LogP contribution in [0, 0.1) is 0 Å². The van der Waals surface area contributed by atoms with E-state index in [0.717, 1.165) is 0 Å². The lowest BCUT2D eigenvalue weighted by Gasteiger charge is -2.26. The van der Waals surface area contributed by atoms with Crippen molar-refractivity contribution in [2.24, 2.45) is 5.73 Å². The second-order valence-corrected chi connectivity index (χ2v) is 4.84. The third-order valence-corrected chi connectivity index (χ3v) is 3.68. The van der Waals surface area contributed by atoms with Gasteiger partial charge in [-0.3, -0.25) is 9.59 Å². The monoisotopic (exact) mass is 280 g/mol. The molecule has 0 aliphatic heterocycles. The molecule has 4 N–H and O–H groups in total. The van der Waals surface area contributed by atoms with E-state index in [-0.39, 0.29) is 6.54 Å². The molecular weight excluding hydrogens is 268 g/mol. The molecule has 6 nitrogen and oxygen atoms in total. The van der Waals surface area contributed by atoms with Gasteiger partial charge in [0.05, 0.1) is 19.1 Å². The van der Waals surface area contributed by atoms with Gasteiger partial charge in [0.15, 0.2) is 0 Å². The van der Waals surface area contributed by atoms with Crippen molar-refractivity contribution in [3.8, 4) is 0 Å². The van der Waals surface area contributed by atoms with Gasteiger partial charge in [0.2, 0.25) is 0 Å². The van der Waals surface area contributed by atoms with Crippen LogP contribution in [0.5, 0.6) is 0 Å². The predicted molar refractivity (Wildman–Crippen MR) is 68.2 cm³/mol. The Bertz CT molecular complexity index is 528. The maximum absolute atomic E-state index is 11.2. The van der Waals surface area contributed by atoms with Crippen molar-refractivity contribution in [3.05, 3.63) is 46.5 Å². The van der Waals surface area contributed by atoms with Gasteiger partial charge >= 0.3 is 11.8 Å². The smallest absolute Gasteiger partial charge is 0.309 e. The van der Waals surface area contributed by atoms with Crippen molar-refractivity contribution in [1.82, 2.24) is 5.32 Å². The maximum Gasteiger partial charge on any atom is 0.309 e. The molecule has 1 atom stereocenters. The number of hydrogen-bond donors (Lipinski definition) is 3. The summed E-state index contributed by atoms with van der Waals surface area (Å²) in [6.45, 7) is -0.172. The molecule has 1 unspecified atom stereocenters. The summed E-state index contributed by atoms with van der Waals surface area (Å²) in [5.74, 6) is -2.04. The summed E-state index contributed by atoms with van der Waals surface area (Å²) in [6.07, 6.45) is 2.81. The van der Waals surface area contributed by atoms with Gasteiger partial charge < -0.3 is 20.6 Å². The van der Waals surface area contributed by atoms with Crippen molar-refractivity contribution in [2.75, 3.05) is 6.54 Å². The zero-order valence-electron chi connectivity index (χ0n) is 9.83. The molecule has 0 aliphatic rings. The molecule has 0 fully saturated rings. The molecule has 2 rings (SSSR count). The minimum absolute atomic E-state index is 0.172. The quantitative estimate of drug-likeness (QED) is 0.694. The molecule has 2 aromatic heterocycles. The normalized spacial score (nSPS) is 13.7. The van der Waals surface area contributed by atoms with Crippen LogP contribution in [0.15, 0.2) is 40.5 Å². The van der Waals surface area contributed by atoms with Crippen LogP contribution in [0.2, 0.25) is 0 Å². The van der Waals surface area contributed by atoms with Crippen LogP contribution in [-0.4, -0.2) is 23.5 Å². The molecule has 0 aliphatic carbocycles. The van der Waals surface area contributed by atoms with Crippen molar-refractivity contribution in [1.29, 1.82) is 0 Å². The fraction of sp³-hybridized carbons (Fsp3) is 0.167. The first kappa shape index (κ1) is 13.3. The molecule has 19 heavy (non-hydrogen) atoms. The van der Waals surface area contributed by atoms with Gasteiger partial charge in [-0.2, -0.15) is 0 Å². The van der Waals surface area contributed by atoms with Crippen molar-refractivity contribution in [2.45, 2.75) is 5.60 Å². The van der Waals surface area contributed by atoms with Gasteiger partial charge in [-0.25, -0.2) is 0 Å². The number of amides is 2. The number of hydrogen-bond acceptors (Lipinski definition) is 5. The van der Waals surface area contributed by atoms with E-state index >= 15 is 0 Å². The SMILES string of the molecule is NC(=O)C(=O)NCC(O)(c1ccoc1)c1cccs1. The van der Waals surface area contributed by atoms with E-state index in [1.807, 2.05) is 0 Å².